The predicted molar refractivity (Wildman–Crippen MR) is 109 cm³/mol. The van der Waals surface area contributed by atoms with Gasteiger partial charge in [-0.25, -0.2) is 0 Å². The SMILES string of the molecule is C[C@H]1CN(c2ccc(S(F)(F)(F)(F)F)cc2)C(=O)c2c(NC(=O)c3cccnc3)cnn21. The number of aromatic nitrogens is 3. The van der Waals surface area contributed by atoms with E-state index in [0.717, 1.165) is 17.0 Å². The molecule has 4 rings (SSSR count). The summed E-state index contributed by atoms with van der Waals surface area (Å²) < 4.78 is 66.4. The zero-order valence-electron chi connectivity index (χ0n) is 16.4. The number of pyridine rings is 1. The molecule has 7 nitrogen and oxygen atoms in total. The van der Waals surface area contributed by atoms with Crippen molar-refractivity contribution in [3.05, 3.63) is 66.2 Å². The Morgan fingerprint density at radius 3 is 2.38 bits per heavy atom. The second kappa shape index (κ2) is 6.51. The standard InChI is InChI=1S/C19H16F5N5O2S/c1-12-11-28(14-4-6-15(7-5-14)32(20,21,22,23)24)19(31)17-16(10-26-29(12)17)27-18(30)13-3-2-8-25-9-13/h2-10,12H,11H2,1H3,(H,27,30)/t12-/m0/s1. The Kier molecular flexibility index (Phi) is 4.42. The van der Waals surface area contributed by atoms with Crippen LogP contribution < -0.4 is 10.2 Å². The van der Waals surface area contributed by atoms with Crippen molar-refractivity contribution in [3.63, 3.8) is 0 Å². The van der Waals surface area contributed by atoms with Crippen LogP contribution in [0.25, 0.3) is 0 Å². The monoisotopic (exact) mass is 473 g/mol. The highest BCUT2D eigenvalue weighted by molar-refractivity contribution is 8.45. The topological polar surface area (TPSA) is 80.1 Å². The third kappa shape index (κ3) is 4.02. The van der Waals surface area contributed by atoms with Crippen LogP contribution in [0, 0.1) is 0 Å². The fraction of sp³-hybridized carbons (Fsp3) is 0.158. The molecule has 0 unspecified atom stereocenters. The number of hydrogen-bond acceptors (Lipinski definition) is 4. The molecular formula is C19H16F5N5O2S. The van der Waals surface area contributed by atoms with Crippen molar-refractivity contribution in [2.24, 2.45) is 0 Å². The van der Waals surface area contributed by atoms with Crippen molar-refractivity contribution >= 4 is 33.4 Å². The van der Waals surface area contributed by atoms with Crippen LogP contribution in [-0.2, 0) is 0 Å². The molecule has 32 heavy (non-hydrogen) atoms. The smallest absolute Gasteiger partial charge is 0.310 e. The van der Waals surface area contributed by atoms with Gasteiger partial charge in [-0.05, 0) is 43.3 Å². The molecule has 0 saturated carbocycles. The summed E-state index contributed by atoms with van der Waals surface area (Å²) in [5, 5.41) is 6.70. The quantitative estimate of drug-likeness (QED) is 0.514. The summed E-state index contributed by atoms with van der Waals surface area (Å²) in [5.74, 6) is -1.19. The van der Waals surface area contributed by atoms with E-state index in [-0.39, 0.29) is 41.3 Å². The van der Waals surface area contributed by atoms with Gasteiger partial charge in [-0.1, -0.05) is 19.4 Å². The molecule has 0 aliphatic carbocycles. The van der Waals surface area contributed by atoms with Gasteiger partial charge in [-0.2, -0.15) is 5.10 Å². The summed E-state index contributed by atoms with van der Waals surface area (Å²) in [6, 6.07) is 4.83. The van der Waals surface area contributed by atoms with Crippen LogP contribution in [0.15, 0.2) is 59.9 Å². The Hall–Kier alpha value is -3.48. The first kappa shape index (κ1) is 21.7. The number of fused-ring (bicyclic) bond motifs is 1. The summed E-state index contributed by atoms with van der Waals surface area (Å²) in [6.45, 7) is 1.75. The van der Waals surface area contributed by atoms with Gasteiger partial charge < -0.3 is 10.2 Å². The molecule has 0 fully saturated rings. The summed E-state index contributed by atoms with van der Waals surface area (Å²) in [6.07, 6.45) is 4.12. The molecule has 1 aliphatic rings. The number of nitrogens with one attached hydrogen (secondary N) is 1. The van der Waals surface area contributed by atoms with Gasteiger partial charge in [0.25, 0.3) is 11.8 Å². The molecule has 3 heterocycles. The maximum absolute atomic E-state index is 13.1. The van der Waals surface area contributed by atoms with E-state index in [4.69, 9.17) is 0 Å². The van der Waals surface area contributed by atoms with Gasteiger partial charge in [0, 0.05) is 24.6 Å². The number of carbonyl (C=O) groups is 2. The maximum Gasteiger partial charge on any atom is 0.310 e. The molecule has 1 aromatic carbocycles. The molecule has 3 aromatic rings. The molecule has 1 N–H and O–H groups in total. The van der Waals surface area contributed by atoms with Crippen molar-refractivity contribution in [1.82, 2.24) is 14.8 Å². The van der Waals surface area contributed by atoms with Crippen LogP contribution in [0.4, 0.5) is 30.8 Å². The van der Waals surface area contributed by atoms with Crippen molar-refractivity contribution in [2.75, 3.05) is 16.8 Å². The lowest BCUT2D eigenvalue weighted by Crippen LogP contribution is -2.43. The first-order chi connectivity index (χ1) is 14.7. The zero-order chi connectivity index (χ0) is 23.4. The molecular weight excluding hydrogens is 457 g/mol. The highest BCUT2D eigenvalue weighted by Crippen LogP contribution is 3.02. The van der Waals surface area contributed by atoms with E-state index in [0.29, 0.717) is 0 Å². The number of hydrogen-bond donors (Lipinski definition) is 1. The fourth-order valence-corrected chi connectivity index (χ4v) is 4.00. The third-order valence-electron chi connectivity index (χ3n) is 4.87. The van der Waals surface area contributed by atoms with Gasteiger partial charge in [0.2, 0.25) is 0 Å². The zero-order valence-corrected chi connectivity index (χ0v) is 17.2. The number of benzene rings is 1. The Bertz CT molecular complexity index is 1210. The average Bonchev–Trinajstić information content (AvgIpc) is 3.14. The van der Waals surface area contributed by atoms with E-state index in [1.807, 2.05) is 0 Å². The number of rotatable bonds is 4. The summed E-state index contributed by atoms with van der Waals surface area (Å²) >= 11 is 0. The van der Waals surface area contributed by atoms with E-state index < -0.39 is 33.0 Å². The molecule has 1 aliphatic heterocycles. The second-order valence-electron chi connectivity index (χ2n) is 7.27. The molecule has 1 atom stereocenters. The van der Waals surface area contributed by atoms with Crippen molar-refractivity contribution < 1.29 is 29.0 Å². The molecule has 2 amide bonds. The molecule has 0 bridgehead atoms. The Balaban J connectivity index is 1.65. The van der Waals surface area contributed by atoms with Crippen LogP contribution in [0.5, 0.6) is 0 Å². The Morgan fingerprint density at radius 1 is 1.09 bits per heavy atom. The minimum Gasteiger partial charge on any atom is -0.319 e. The van der Waals surface area contributed by atoms with Crippen molar-refractivity contribution in [1.29, 1.82) is 0 Å². The lowest BCUT2D eigenvalue weighted by Gasteiger charge is -2.40. The van der Waals surface area contributed by atoms with Crippen LogP contribution in [0.2, 0.25) is 0 Å². The van der Waals surface area contributed by atoms with Crippen LogP contribution in [0.3, 0.4) is 0 Å². The number of amides is 2. The molecule has 0 radical (unpaired) electrons. The van der Waals surface area contributed by atoms with Crippen LogP contribution >= 0.6 is 10.2 Å². The lowest BCUT2D eigenvalue weighted by molar-refractivity contribution is 0.0954. The summed E-state index contributed by atoms with van der Waals surface area (Å²) in [5.41, 5.74) is 0.360. The summed E-state index contributed by atoms with van der Waals surface area (Å²) in [7, 11) is -9.83. The molecule has 2 aromatic heterocycles. The van der Waals surface area contributed by atoms with Gasteiger partial charge >= 0.3 is 10.2 Å². The Morgan fingerprint density at radius 2 is 1.78 bits per heavy atom. The van der Waals surface area contributed by atoms with E-state index in [9.17, 15) is 29.0 Å². The van der Waals surface area contributed by atoms with Gasteiger partial charge in [-0.15, -0.1) is 0 Å². The van der Waals surface area contributed by atoms with Gasteiger partial charge in [0.05, 0.1) is 23.5 Å². The normalized spacial score (nSPS) is 18.5. The average molecular weight is 473 g/mol. The predicted octanol–water partition coefficient (Wildman–Crippen LogP) is 5.41. The number of anilines is 2. The lowest BCUT2D eigenvalue weighted by atomic mass is 10.1. The van der Waals surface area contributed by atoms with E-state index in [1.165, 1.54) is 29.3 Å². The third-order valence-corrected chi connectivity index (χ3v) is 6.04. The molecule has 13 heteroatoms. The van der Waals surface area contributed by atoms with Gasteiger partial charge in [0.15, 0.2) is 5.69 Å². The van der Waals surface area contributed by atoms with E-state index >= 15 is 0 Å². The van der Waals surface area contributed by atoms with Crippen molar-refractivity contribution in [2.45, 2.75) is 17.9 Å². The molecule has 0 spiro atoms. The number of nitrogens with zero attached hydrogens (tertiary/aromatic N) is 4. The highest BCUT2D eigenvalue weighted by atomic mass is 32.5. The molecule has 0 saturated heterocycles. The largest absolute Gasteiger partial charge is 0.319 e. The minimum absolute atomic E-state index is 0.00411. The van der Waals surface area contributed by atoms with Gasteiger partial charge in [-0.3, -0.25) is 19.3 Å². The fourth-order valence-electron chi connectivity index (χ4n) is 3.35. The van der Waals surface area contributed by atoms with E-state index in [1.54, 1.807) is 13.0 Å². The van der Waals surface area contributed by atoms with Crippen LogP contribution in [-0.4, -0.2) is 33.1 Å². The first-order valence-electron chi connectivity index (χ1n) is 9.19. The van der Waals surface area contributed by atoms with Crippen LogP contribution in [0.1, 0.15) is 33.8 Å². The maximum atomic E-state index is 13.1. The number of carbonyl (C=O) groups excluding carboxylic acids is 2. The van der Waals surface area contributed by atoms with E-state index in [2.05, 4.69) is 15.4 Å². The first-order valence-corrected chi connectivity index (χ1v) is 11.1. The van der Waals surface area contributed by atoms with Gasteiger partial charge in [0.1, 0.15) is 4.90 Å². The second-order valence-corrected chi connectivity index (χ2v) is 9.68. The Labute approximate surface area is 178 Å². The highest BCUT2D eigenvalue weighted by Gasteiger charge is 2.65. The summed E-state index contributed by atoms with van der Waals surface area (Å²) in [4.78, 5) is 28.5. The minimum atomic E-state index is -9.83. The van der Waals surface area contributed by atoms with Crippen molar-refractivity contribution in [3.8, 4) is 0 Å². The number of halogens is 5. The molecule has 170 valence electrons.